The van der Waals surface area contributed by atoms with Crippen LogP contribution in [0.15, 0.2) is 30.6 Å². The zero-order chi connectivity index (χ0) is 18.1. The van der Waals surface area contributed by atoms with Gasteiger partial charge in [-0.15, -0.1) is 0 Å². The minimum Gasteiger partial charge on any atom is -0.378 e. The molecule has 0 aliphatic heterocycles. The van der Waals surface area contributed by atoms with E-state index in [4.69, 9.17) is 9.72 Å². The number of rotatable bonds is 5. The van der Waals surface area contributed by atoms with Crippen molar-refractivity contribution in [2.75, 3.05) is 18.6 Å². The summed E-state index contributed by atoms with van der Waals surface area (Å²) in [6.07, 6.45) is 10.3. The summed E-state index contributed by atoms with van der Waals surface area (Å²) in [7, 11) is 2.18. The molecule has 5 nitrogen and oxygen atoms in total. The van der Waals surface area contributed by atoms with Crippen molar-refractivity contribution in [1.29, 1.82) is 0 Å². The molecule has 2 atom stereocenters. The smallest absolute Gasteiger partial charge is 0.163 e. The molecule has 138 valence electrons. The average Bonchev–Trinajstić information content (AvgIpc) is 3.17. The molecule has 0 bridgehead atoms. The van der Waals surface area contributed by atoms with Crippen LogP contribution in [0.4, 0.5) is 5.82 Å². The van der Waals surface area contributed by atoms with Gasteiger partial charge in [0.1, 0.15) is 5.82 Å². The molecule has 5 heteroatoms. The van der Waals surface area contributed by atoms with Crippen molar-refractivity contribution >= 4 is 5.82 Å². The SMILES string of the molecule is CCOC1CC(N(C)c2cc(C)nc(-c3cccnc3)n2)C12CCCC2. The third-order valence-electron chi connectivity index (χ3n) is 6.23. The summed E-state index contributed by atoms with van der Waals surface area (Å²) in [5.41, 5.74) is 2.25. The van der Waals surface area contributed by atoms with E-state index in [0.29, 0.717) is 17.6 Å². The molecule has 2 heterocycles. The molecule has 2 aliphatic carbocycles. The van der Waals surface area contributed by atoms with Gasteiger partial charge < -0.3 is 9.64 Å². The highest BCUT2D eigenvalue weighted by molar-refractivity contribution is 5.57. The topological polar surface area (TPSA) is 51.1 Å². The predicted octanol–water partition coefficient (Wildman–Crippen LogP) is 4.02. The van der Waals surface area contributed by atoms with E-state index in [1.165, 1.54) is 25.7 Å². The van der Waals surface area contributed by atoms with Gasteiger partial charge in [-0.2, -0.15) is 0 Å². The lowest BCUT2D eigenvalue weighted by Gasteiger charge is -2.57. The first-order chi connectivity index (χ1) is 12.6. The fraction of sp³-hybridized carbons (Fsp3) is 0.571. The largest absolute Gasteiger partial charge is 0.378 e. The molecular formula is C21H28N4O. The van der Waals surface area contributed by atoms with Gasteiger partial charge in [-0.05, 0) is 45.2 Å². The number of ether oxygens (including phenoxy) is 1. The van der Waals surface area contributed by atoms with Crippen molar-refractivity contribution in [2.45, 2.75) is 58.1 Å². The summed E-state index contributed by atoms with van der Waals surface area (Å²) in [4.78, 5) is 16.1. The second-order valence-electron chi connectivity index (χ2n) is 7.68. The van der Waals surface area contributed by atoms with Crippen LogP contribution >= 0.6 is 0 Å². The number of pyridine rings is 1. The first-order valence-corrected chi connectivity index (χ1v) is 9.74. The van der Waals surface area contributed by atoms with Crippen molar-refractivity contribution in [2.24, 2.45) is 5.41 Å². The van der Waals surface area contributed by atoms with Crippen molar-refractivity contribution in [3.05, 3.63) is 36.3 Å². The molecular weight excluding hydrogens is 324 g/mol. The maximum absolute atomic E-state index is 6.08. The Labute approximate surface area is 155 Å². The van der Waals surface area contributed by atoms with Gasteiger partial charge in [-0.25, -0.2) is 9.97 Å². The Morgan fingerprint density at radius 3 is 2.77 bits per heavy atom. The third kappa shape index (κ3) is 2.88. The van der Waals surface area contributed by atoms with Gasteiger partial charge >= 0.3 is 0 Å². The molecule has 1 spiro atoms. The number of hydrogen-bond acceptors (Lipinski definition) is 5. The first-order valence-electron chi connectivity index (χ1n) is 9.74. The molecule has 2 aromatic rings. The van der Waals surface area contributed by atoms with Crippen LogP contribution in [0.2, 0.25) is 0 Å². The van der Waals surface area contributed by atoms with Crippen molar-refractivity contribution < 1.29 is 4.74 Å². The van der Waals surface area contributed by atoms with Crippen LogP contribution in [-0.4, -0.2) is 40.8 Å². The molecule has 0 amide bonds. The maximum atomic E-state index is 6.08. The standard InChI is InChI=1S/C21H28N4O/c1-4-26-18-13-17(21(18)9-5-6-10-21)25(3)19-12-15(2)23-20(24-19)16-8-7-11-22-14-16/h7-8,11-12,14,17-18H,4-6,9-10,13H2,1-3H3. The lowest BCUT2D eigenvalue weighted by molar-refractivity contribution is -0.121. The predicted molar refractivity (Wildman–Crippen MR) is 103 cm³/mol. The van der Waals surface area contributed by atoms with E-state index in [2.05, 4.69) is 34.9 Å². The molecule has 26 heavy (non-hydrogen) atoms. The molecule has 0 radical (unpaired) electrons. The Balaban J connectivity index is 1.62. The van der Waals surface area contributed by atoms with Crippen molar-refractivity contribution in [1.82, 2.24) is 15.0 Å². The Morgan fingerprint density at radius 2 is 2.08 bits per heavy atom. The molecule has 0 aromatic carbocycles. The van der Waals surface area contributed by atoms with Crippen LogP contribution in [0.5, 0.6) is 0 Å². The van der Waals surface area contributed by atoms with Gasteiger partial charge in [0, 0.05) is 54.8 Å². The minimum atomic E-state index is 0.304. The Morgan fingerprint density at radius 1 is 1.27 bits per heavy atom. The monoisotopic (exact) mass is 352 g/mol. The van der Waals surface area contributed by atoms with Gasteiger partial charge in [0.05, 0.1) is 6.10 Å². The number of hydrogen-bond donors (Lipinski definition) is 0. The average molecular weight is 352 g/mol. The second kappa shape index (κ2) is 6.95. The highest BCUT2D eigenvalue weighted by atomic mass is 16.5. The molecule has 2 saturated carbocycles. The van der Waals surface area contributed by atoms with Crippen LogP contribution in [0.1, 0.15) is 44.7 Å². The highest BCUT2D eigenvalue weighted by Crippen LogP contribution is 2.56. The van der Waals surface area contributed by atoms with Gasteiger partial charge in [0.15, 0.2) is 5.82 Å². The maximum Gasteiger partial charge on any atom is 0.163 e. The zero-order valence-electron chi connectivity index (χ0n) is 16.0. The quantitative estimate of drug-likeness (QED) is 0.813. The zero-order valence-corrected chi connectivity index (χ0v) is 16.0. The third-order valence-corrected chi connectivity index (χ3v) is 6.23. The molecule has 4 rings (SSSR count). The van der Waals surface area contributed by atoms with Crippen LogP contribution in [0, 0.1) is 12.3 Å². The van der Waals surface area contributed by atoms with Gasteiger partial charge in [0.2, 0.25) is 0 Å². The van der Waals surface area contributed by atoms with Crippen LogP contribution < -0.4 is 4.90 Å². The molecule has 2 aromatic heterocycles. The van der Waals surface area contributed by atoms with Gasteiger partial charge in [-0.3, -0.25) is 4.98 Å². The van der Waals surface area contributed by atoms with Crippen LogP contribution in [0.3, 0.4) is 0 Å². The number of nitrogens with zero attached hydrogens (tertiary/aromatic N) is 4. The van der Waals surface area contributed by atoms with Crippen molar-refractivity contribution in [3.8, 4) is 11.4 Å². The highest BCUT2D eigenvalue weighted by Gasteiger charge is 2.58. The van der Waals surface area contributed by atoms with E-state index in [1.807, 2.05) is 25.3 Å². The molecule has 0 N–H and O–H groups in total. The summed E-state index contributed by atoms with van der Waals surface area (Å²) in [5, 5.41) is 0. The fourth-order valence-corrected chi connectivity index (χ4v) is 4.91. The van der Waals surface area contributed by atoms with Gasteiger partial charge in [0.25, 0.3) is 0 Å². The summed E-state index contributed by atoms with van der Waals surface area (Å²) < 4.78 is 6.08. The normalized spacial score (nSPS) is 23.8. The van der Waals surface area contributed by atoms with Crippen LogP contribution in [-0.2, 0) is 4.74 Å². The lowest BCUT2D eigenvalue weighted by Crippen LogP contribution is -2.63. The number of anilines is 1. The number of aryl methyl sites for hydroxylation is 1. The molecule has 2 fully saturated rings. The van der Waals surface area contributed by atoms with E-state index in [0.717, 1.165) is 35.9 Å². The Bertz CT molecular complexity index is 758. The summed E-state index contributed by atoms with van der Waals surface area (Å²) in [6.45, 7) is 4.95. The van der Waals surface area contributed by atoms with Gasteiger partial charge in [-0.1, -0.05) is 12.8 Å². The van der Waals surface area contributed by atoms with E-state index >= 15 is 0 Å². The molecule has 0 saturated heterocycles. The summed E-state index contributed by atoms with van der Waals surface area (Å²) in [6, 6.07) is 6.53. The molecule has 2 unspecified atom stereocenters. The Hall–Kier alpha value is -2.01. The van der Waals surface area contributed by atoms with Crippen molar-refractivity contribution in [3.63, 3.8) is 0 Å². The molecule has 2 aliphatic rings. The van der Waals surface area contributed by atoms with E-state index < -0.39 is 0 Å². The summed E-state index contributed by atoms with van der Waals surface area (Å²) in [5.74, 6) is 1.75. The van der Waals surface area contributed by atoms with Crippen LogP contribution in [0.25, 0.3) is 11.4 Å². The lowest BCUT2D eigenvalue weighted by atomic mass is 9.60. The fourth-order valence-electron chi connectivity index (χ4n) is 4.91. The first kappa shape index (κ1) is 17.4. The van der Waals surface area contributed by atoms with E-state index in [9.17, 15) is 0 Å². The van der Waals surface area contributed by atoms with E-state index in [1.54, 1.807) is 6.20 Å². The second-order valence-corrected chi connectivity index (χ2v) is 7.68. The van der Waals surface area contributed by atoms with E-state index in [-0.39, 0.29) is 0 Å². The summed E-state index contributed by atoms with van der Waals surface area (Å²) >= 11 is 0. The number of aromatic nitrogens is 3. The minimum absolute atomic E-state index is 0.304. The Kier molecular flexibility index (Phi) is 4.65.